The second-order valence-corrected chi connectivity index (χ2v) is 7.56. The molecule has 2 atom stereocenters. The van der Waals surface area contributed by atoms with Gasteiger partial charge in [0, 0.05) is 31.8 Å². The topological polar surface area (TPSA) is 72.1 Å². The molecule has 1 N–H and O–H groups in total. The van der Waals surface area contributed by atoms with E-state index in [0.29, 0.717) is 19.0 Å². The Morgan fingerprint density at radius 3 is 2.79 bits per heavy atom. The highest BCUT2D eigenvalue weighted by Crippen LogP contribution is 2.22. The third-order valence-electron chi connectivity index (χ3n) is 5.36. The van der Waals surface area contributed by atoms with Crippen LogP contribution in [0.4, 0.5) is 0 Å². The van der Waals surface area contributed by atoms with Crippen molar-refractivity contribution in [2.75, 3.05) is 32.8 Å². The Kier molecular flexibility index (Phi) is 6.46. The lowest BCUT2D eigenvalue weighted by Crippen LogP contribution is -2.53. The average Bonchev–Trinajstić information content (AvgIpc) is 3.44. The number of hydrogen-bond donors (Lipinski definition) is 1. The molecule has 1 aromatic heterocycles. The highest BCUT2D eigenvalue weighted by Gasteiger charge is 2.32. The minimum absolute atomic E-state index is 0.102. The fraction of sp³-hybridized carbons (Fsp3) is 0.545. The van der Waals surface area contributed by atoms with Crippen molar-refractivity contribution in [3.63, 3.8) is 0 Å². The van der Waals surface area contributed by atoms with Gasteiger partial charge >= 0.3 is 0 Å². The number of guanidine groups is 1. The summed E-state index contributed by atoms with van der Waals surface area (Å²) in [5.74, 6) is 2.25. The fourth-order valence-electron chi connectivity index (χ4n) is 3.79. The summed E-state index contributed by atoms with van der Waals surface area (Å²) in [6.45, 7) is 8.48. The molecule has 2 saturated heterocycles. The van der Waals surface area contributed by atoms with Gasteiger partial charge in [-0.2, -0.15) is 0 Å². The Bertz CT molecular complexity index is 812. The van der Waals surface area contributed by atoms with Crippen molar-refractivity contribution in [3.05, 3.63) is 41.9 Å². The summed E-state index contributed by atoms with van der Waals surface area (Å²) in [4.78, 5) is 11.4. The molecule has 7 heteroatoms. The van der Waals surface area contributed by atoms with E-state index in [-0.39, 0.29) is 12.2 Å². The SMILES string of the molecule is CCNC(=NCc1ncc(-c2ccc(C)cc2)o1)N1CCOC(C2CCCO2)C1. The van der Waals surface area contributed by atoms with E-state index in [0.717, 1.165) is 56.4 Å². The van der Waals surface area contributed by atoms with Crippen LogP contribution < -0.4 is 5.32 Å². The van der Waals surface area contributed by atoms with Crippen LogP contribution in [0.25, 0.3) is 11.3 Å². The van der Waals surface area contributed by atoms with Crippen LogP contribution in [0.1, 0.15) is 31.2 Å². The molecule has 4 rings (SSSR count). The molecule has 29 heavy (non-hydrogen) atoms. The van der Waals surface area contributed by atoms with E-state index >= 15 is 0 Å². The van der Waals surface area contributed by atoms with Gasteiger partial charge in [-0.3, -0.25) is 0 Å². The average molecular weight is 399 g/mol. The van der Waals surface area contributed by atoms with Gasteiger partial charge in [-0.25, -0.2) is 9.98 Å². The predicted molar refractivity (Wildman–Crippen MR) is 112 cm³/mol. The molecule has 2 fully saturated rings. The first-order chi connectivity index (χ1) is 14.2. The summed E-state index contributed by atoms with van der Waals surface area (Å²) in [7, 11) is 0. The van der Waals surface area contributed by atoms with Gasteiger partial charge in [0.05, 0.1) is 18.9 Å². The molecular formula is C22H30N4O3. The van der Waals surface area contributed by atoms with E-state index in [2.05, 4.69) is 41.2 Å². The van der Waals surface area contributed by atoms with Crippen LogP contribution in [-0.2, 0) is 16.0 Å². The van der Waals surface area contributed by atoms with Crippen molar-refractivity contribution in [2.24, 2.45) is 4.99 Å². The van der Waals surface area contributed by atoms with E-state index < -0.39 is 0 Å². The number of nitrogens with zero attached hydrogens (tertiary/aromatic N) is 3. The molecule has 156 valence electrons. The van der Waals surface area contributed by atoms with Gasteiger partial charge in [-0.1, -0.05) is 29.8 Å². The largest absolute Gasteiger partial charge is 0.439 e. The minimum Gasteiger partial charge on any atom is -0.439 e. The maximum atomic E-state index is 5.96. The highest BCUT2D eigenvalue weighted by atomic mass is 16.5. The molecule has 3 heterocycles. The predicted octanol–water partition coefficient (Wildman–Crippen LogP) is 3.00. The molecule has 7 nitrogen and oxygen atoms in total. The highest BCUT2D eigenvalue weighted by molar-refractivity contribution is 5.80. The molecule has 1 aromatic carbocycles. The summed E-state index contributed by atoms with van der Waals surface area (Å²) in [6, 6.07) is 8.24. The normalized spacial score (nSPS) is 22.8. The van der Waals surface area contributed by atoms with E-state index in [9.17, 15) is 0 Å². The summed E-state index contributed by atoms with van der Waals surface area (Å²) < 4.78 is 17.7. The number of rotatable bonds is 5. The maximum absolute atomic E-state index is 5.96. The number of nitrogens with one attached hydrogen (secondary N) is 1. The molecular weight excluding hydrogens is 368 g/mol. The number of hydrogen-bond acceptors (Lipinski definition) is 5. The van der Waals surface area contributed by atoms with Crippen molar-refractivity contribution in [2.45, 2.75) is 45.4 Å². The zero-order chi connectivity index (χ0) is 20.1. The molecule has 0 radical (unpaired) electrons. The number of aryl methyl sites for hydroxylation is 1. The Morgan fingerprint density at radius 2 is 2.03 bits per heavy atom. The lowest BCUT2D eigenvalue weighted by Gasteiger charge is -2.37. The lowest BCUT2D eigenvalue weighted by atomic mass is 10.1. The van der Waals surface area contributed by atoms with Gasteiger partial charge in [-0.05, 0) is 26.7 Å². The summed E-state index contributed by atoms with van der Waals surface area (Å²) in [6.07, 6.45) is 4.26. The van der Waals surface area contributed by atoms with Crippen molar-refractivity contribution in [3.8, 4) is 11.3 Å². The Morgan fingerprint density at radius 1 is 1.21 bits per heavy atom. The zero-order valence-corrected chi connectivity index (χ0v) is 17.3. The second-order valence-electron chi connectivity index (χ2n) is 7.56. The van der Waals surface area contributed by atoms with Gasteiger partial charge in [0.15, 0.2) is 11.7 Å². The van der Waals surface area contributed by atoms with Crippen LogP contribution in [0.3, 0.4) is 0 Å². The minimum atomic E-state index is 0.102. The standard InChI is InChI=1S/C22H30N4O3/c1-3-23-22(26-10-12-28-20(15-26)18-5-4-11-27-18)25-14-21-24-13-19(29-21)17-8-6-16(2)7-9-17/h6-9,13,18,20H,3-5,10-12,14-15H2,1-2H3,(H,23,25). The molecule has 2 aromatic rings. The first-order valence-corrected chi connectivity index (χ1v) is 10.5. The third-order valence-corrected chi connectivity index (χ3v) is 5.36. The molecule has 0 aliphatic carbocycles. The van der Waals surface area contributed by atoms with Crippen LogP contribution in [-0.4, -0.2) is 60.9 Å². The molecule has 0 bridgehead atoms. The van der Waals surface area contributed by atoms with E-state index in [1.807, 2.05) is 12.1 Å². The fourth-order valence-corrected chi connectivity index (χ4v) is 3.79. The van der Waals surface area contributed by atoms with Crippen molar-refractivity contribution < 1.29 is 13.9 Å². The molecule has 0 spiro atoms. The van der Waals surface area contributed by atoms with Crippen LogP contribution in [0, 0.1) is 6.92 Å². The first kappa shape index (κ1) is 19.9. The number of benzene rings is 1. The van der Waals surface area contributed by atoms with Crippen LogP contribution in [0.2, 0.25) is 0 Å². The first-order valence-electron chi connectivity index (χ1n) is 10.5. The molecule has 2 unspecified atom stereocenters. The number of aromatic nitrogens is 1. The quantitative estimate of drug-likeness (QED) is 0.617. The lowest BCUT2D eigenvalue weighted by molar-refractivity contribution is -0.0817. The van der Waals surface area contributed by atoms with Crippen LogP contribution >= 0.6 is 0 Å². The van der Waals surface area contributed by atoms with Crippen molar-refractivity contribution in [1.82, 2.24) is 15.2 Å². The van der Waals surface area contributed by atoms with Gasteiger partial charge in [-0.15, -0.1) is 0 Å². The van der Waals surface area contributed by atoms with Gasteiger partial charge in [0.2, 0.25) is 5.89 Å². The number of ether oxygens (including phenoxy) is 2. The Hall–Kier alpha value is -2.38. The smallest absolute Gasteiger partial charge is 0.216 e. The van der Waals surface area contributed by atoms with Gasteiger partial charge in [0.25, 0.3) is 0 Å². The van der Waals surface area contributed by atoms with Gasteiger partial charge in [0.1, 0.15) is 12.6 Å². The Labute approximate surface area is 172 Å². The van der Waals surface area contributed by atoms with Crippen LogP contribution in [0.5, 0.6) is 0 Å². The van der Waals surface area contributed by atoms with E-state index in [1.165, 1.54) is 5.56 Å². The maximum Gasteiger partial charge on any atom is 0.216 e. The van der Waals surface area contributed by atoms with E-state index in [4.69, 9.17) is 18.9 Å². The third kappa shape index (κ3) is 4.97. The van der Waals surface area contributed by atoms with E-state index in [1.54, 1.807) is 6.20 Å². The number of oxazole rings is 1. The zero-order valence-electron chi connectivity index (χ0n) is 17.3. The number of aliphatic imine (C=N–C) groups is 1. The molecule has 0 saturated carbocycles. The monoisotopic (exact) mass is 398 g/mol. The summed E-state index contributed by atoms with van der Waals surface area (Å²) >= 11 is 0. The molecule has 0 amide bonds. The van der Waals surface area contributed by atoms with Crippen molar-refractivity contribution >= 4 is 5.96 Å². The van der Waals surface area contributed by atoms with Crippen molar-refractivity contribution in [1.29, 1.82) is 0 Å². The van der Waals surface area contributed by atoms with Gasteiger partial charge < -0.3 is 24.1 Å². The molecule has 2 aliphatic heterocycles. The summed E-state index contributed by atoms with van der Waals surface area (Å²) in [5, 5.41) is 3.39. The number of morpholine rings is 1. The summed E-state index contributed by atoms with van der Waals surface area (Å²) in [5.41, 5.74) is 2.25. The molecule has 2 aliphatic rings. The van der Waals surface area contributed by atoms with Crippen LogP contribution in [0.15, 0.2) is 39.9 Å². The second kappa shape index (κ2) is 9.41. The Balaban J connectivity index is 1.42.